The number of nitrogens with zero attached hydrogens (tertiary/aromatic N) is 1. The highest BCUT2D eigenvalue weighted by molar-refractivity contribution is 8.00. The van der Waals surface area contributed by atoms with Crippen LogP contribution in [0.1, 0.15) is 42.4 Å². The number of carbonyl (C=O) groups is 2. The van der Waals surface area contributed by atoms with Gasteiger partial charge in [0, 0.05) is 23.9 Å². The summed E-state index contributed by atoms with van der Waals surface area (Å²) in [5.41, 5.74) is 3.14. The van der Waals surface area contributed by atoms with Crippen molar-refractivity contribution in [3.05, 3.63) is 95.6 Å². The van der Waals surface area contributed by atoms with Crippen LogP contribution in [-0.2, 0) is 22.6 Å². The summed E-state index contributed by atoms with van der Waals surface area (Å²) < 4.78 is 5.42. The van der Waals surface area contributed by atoms with Crippen LogP contribution >= 0.6 is 11.8 Å². The molecular weight excluding hydrogens is 480 g/mol. The van der Waals surface area contributed by atoms with Gasteiger partial charge in [-0.05, 0) is 55.2 Å². The van der Waals surface area contributed by atoms with Gasteiger partial charge in [-0.3, -0.25) is 9.59 Å². The molecule has 1 atom stereocenters. The average molecular weight is 517 g/mol. The third-order valence-electron chi connectivity index (χ3n) is 6.84. The fourth-order valence-electron chi connectivity index (χ4n) is 4.75. The average Bonchev–Trinajstić information content (AvgIpc) is 3.44. The monoisotopic (exact) mass is 516 g/mol. The minimum absolute atomic E-state index is 0.0594. The fraction of sp³-hybridized carbons (Fsp3) is 0.355. The molecule has 1 fully saturated rings. The number of thioether (sulfide) groups is 1. The van der Waals surface area contributed by atoms with E-state index in [1.54, 1.807) is 12.0 Å². The van der Waals surface area contributed by atoms with Crippen molar-refractivity contribution >= 4 is 23.6 Å². The zero-order chi connectivity index (χ0) is 26.0. The summed E-state index contributed by atoms with van der Waals surface area (Å²) in [5.74, 6) is 0.854. The van der Waals surface area contributed by atoms with Crippen LogP contribution in [0.3, 0.4) is 0 Å². The molecule has 0 aromatic heterocycles. The van der Waals surface area contributed by atoms with Crippen molar-refractivity contribution in [1.82, 2.24) is 10.2 Å². The van der Waals surface area contributed by atoms with Crippen LogP contribution in [0.4, 0.5) is 0 Å². The summed E-state index contributed by atoms with van der Waals surface area (Å²) in [6, 6.07) is 25.4. The second-order valence-corrected chi connectivity index (χ2v) is 10.7. The van der Waals surface area contributed by atoms with E-state index in [4.69, 9.17) is 4.74 Å². The predicted octanol–water partition coefficient (Wildman–Crippen LogP) is 5.79. The van der Waals surface area contributed by atoms with Crippen molar-refractivity contribution in [2.24, 2.45) is 0 Å². The summed E-state index contributed by atoms with van der Waals surface area (Å²) in [5, 5.41) is 3.26. The normalized spacial score (nSPS) is 14.2. The molecule has 0 bridgehead atoms. The minimum atomic E-state index is -0.611. The van der Waals surface area contributed by atoms with Crippen LogP contribution in [0.5, 0.6) is 5.75 Å². The Labute approximate surface area is 224 Å². The van der Waals surface area contributed by atoms with Gasteiger partial charge in [0.15, 0.2) is 0 Å². The minimum Gasteiger partial charge on any atom is -0.497 e. The van der Waals surface area contributed by atoms with Gasteiger partial charge in [0.05, 0.1) is 12.9 Å². The molecule has 0 saturated heterocycles. The van der Waals surface area contributed by atoms with E-state index in [9.17, 15) is 9.59 Å². The summed E-state index contributed by atoms with van der Waals surface area (Å²) in [4.78, 5) is 30.3. The number of benzene rings is 3. The number of ether oxygens (including phenoxy) is 1. The first-order valence-electron chi connectivity index (χ1n) is 13.0. The van der Waals surface area contributed by atoms with Gasteiger partial charge < -0.3 is 15.0 Å². The SMILES string of the molecule is COc1cccc(CN(C(=O)CSc2ccc(C)cc2)C(Cc2ccccc2)C(=O)NC2CCCC2)c1. The number of amides is 2. The van der Waals surface area contributed by atoms with E-state index in [1.165, 1.54) is 17.3 Å². The Balaban J connectivity index is 1.61. The van der Waals surface area contributed by atoms with Crippen molar-refractivity contribution in [2.75, 3.05) is 12.9 Å². The number of hydrogen-bond donors (Lipinski definition) is 1. The summed E-state index contributed by atoms with van der Waals surface area (Å²) in [6.07, 6.45) is 4.72. The van der Waals surface area contributed by atoms with E-state index in [0.717, 1.165) is 47.5 Å². The number of carbonyl (C=O) groups excluding carboxylic acids is 2. The molecule has 1 aliphatic carbocycles. The standard InChI is InChI=1S/C31H36N2O3S/c1-23-15-17-28(18-16-23)37-22-30(34)33(21-25-11-8-14-27(19-25)36-2)29(20-24-9-4-3-5-10-24)31(35)32-26-12-6-7-13-26/h3-5,8-11,14-19,26,29H,6-7,12-13,20-22H2,1-2H3,(H,32,35). The highest BCUT2D eigenvalue weighted by atomic mass is 32.2. The van der Waals surface area contributed by atoms with E-state index in [0.29, 0.717) is 13.0 Å². The fourth-order valence-corrected chi connectivity index (χ4v) is 5.54. The first kappa shape index (κ1) is 26.8. The van der Waals surface area contributed by atoms with Crippen molar-refractivity contribution in [1.29, 1.82) is 0 Å². The first-order valence-corrected chi connectivity index (χ1v) is 14.0. The zero-order valence-electron chi connectivity index (χ0n) is 21.7. The molecule has 2 amide bonds. The lowest BCUT2D eigenvalue weighted by Gasteiger charge is -2.32. The highest BCUT2D eigenvalue weighted by Gasteiger charge is 2.32. The molecule has 0 spiro atoms. The van der Waals surface area contributed by atoms with E-state index in [1.807, 2.05) is 85.8 Å². The van der Waals surface area contributed by atoms with Crippen LogP contribution in [0, 0.1) is 6.92 Å². The lowest BCUT2D eigenvalue weighted by atomic mass is 10.0. The molecule has 1 aliphatic rings. The van der Waals surface area contributed by atoms with Gasteiger partial charge >= 0.3 is 0 Å². The van der Waals surface area contributed by atoms with Crippen LogP contribution in [-0.4, -0.2) is 41.7 Å². The molecular formula is C31H36N2O3S. The van der Waals surface area contributed by atoms with Crippen LogP contribution in [0.2, 0.25) is 0 Å². The molecule has 194 valence electrons. The van der Waals surface area contributed by atoms with Crippen LogP contribution in [0.25, 0.3) is 0 Å². The molecule has 1 saturated carbocycles. The molecule has 0 heterocycles. The Kier molecular flexibility index (Phi) is 9.66. The van der Waals surface area contributed by atoms with Gasteiger partial charge in [-0.2, -0.15) is 0 Å². The van der Waals surface area contributed by atoms with Gasteiger partial charge in [0.1, 0.15) is 11.8 Å². The lowest BCUT2D eigenvalue weighted by molar-refractivity contribution is -0.139. The summed E-state index contributed by atoms with van der Waals surface area (Å²) in [6.45, 7) is 2.38. The third kappa shape index (κ3) is 7.86. The maximum atomic E-state index is 13.8. The van der Waals surface area contributed by atoms with Gasteiger partial charge in [0.25, 0.3) is 0 Å². The molecule has 3 aromatic rings. The van der Waals surface area contributed by atoms with Crippen molar-refractivity contribution in [3.63, 3.8) is 0 Å². The largest absolute Gasteiger partial charge is 0.497 e. The molecule has 0 aliphatic heterocycles. The molecule has 6 heteroatoms. The van der Waals surface area contributed by atoms with Crippen molar-refractivity contribution in [2.45, 2.75) is 62.6 Å². The smallest absolute Gasteiger partial charge is 0.243 e. The Morgan fingerprint density at radius 2 is 1.68 bits per heavy atom. The predicted molar refractivity (Wildman–Crippen MR) is 150 cm³/mol. The van der Waals surface area contributed by atoms with Crippen molar-refractivity contribution in [3.8, 4) is 5.75 Å². The Morgan fingerprint density at radius 1 is 0.973 bits per heavy atom. The third-order valence-corrected chi connectivity index (χ3v) is 7.84. The van der Waals surface area contributed by atoms with Crippen molar-refractivity contribution < 1.29 is 14.3 Å². The Bertz CT molecular complexity index is 1160. The lowest BCUT2D eigenvalue weighted by Crippen LogP contribution is -2.52. The van der Waals surface area contributed by atoms with E-state index in [-0.39, 0.29) is 23.6 Å². The van der Waals surface area contributed by atoms with Gasteiger partial charge in [-0.1, -0.05) is 73.0 Å². The molecule has 1 N–H and O–H groups in total. The summed E-state index contributed by atoms with van der Waals surface area (Å²) in [7, 11) is 1.63. The molecule has 5 nitrogen and oxygen atoms in total. The van der Waals surface area contributed by atoms with Gasteiger partial charge in [-0.15, -0.1) is 11.8 Å². The highest BCUT2D eigenvalue weighted by Crippen LogP contribution is 2.24. The Hall–Kier alpha value is -3.25. The maximum absolute atomic E-state index is 13.8. The maximum Gasteiger partial charge on any atom is 0.243 e. The van der Waals surface area contributed by atoms with E-state index >= 15 is 0 Å². The number of nitrogens with one attached hydrogen (secondary N) is 1. The number of hydrogen-bond acceptors (Lipinski definition) is 4. The topological polar surface area (TPSA) is 58.6 Å². The molecule has 0 radical (unpaired) electrons. The molecule has 37 heavy (non-hydrogen) atoms. The molecule has 3 aromatic carbocycles. The van der Waals surface area contributed by atoms with Gasteiger partial charge in [0.2, 0.25) is 11.8 Å². The zero-order valence-corrected chi connectivity index (χ0v) is 22.5. The van der Waals surface area contributed by atoms with Gasteiger partial charge in [-0.25, -0.2) is 0 Å². The number of methoxy groups -OCH3 is 1. The summed E-state index contributed by atoms with van der Waals surface area (Å²) >= 11 is 1.50. The van der Waals surface area contributed by atoms with E-state index in [2.05, 4.69) is 5.32 Å². The number of aryl methyl sites for hydroxylation is 1. The first-order chi connectivity index (χ1) is 18.0. The quantitative estimate of drug-likeness (QED) is 0.328. The second-order valence-electron chi connectivity index (χ2n) is 9.67. The molecule has 4 rings (SSSR count). The van der Waals surface area contributed by atoms with Crippen LogP contribution < -0.4 is 10.1 Å². The Morgan fingerprint density at radius 3 is 2.38 bits per heavy atom. The van der Waals surface area contributed by atoms with Crippen LogP contribution in [0.15, 0.2) is 83.8 Å². The number of rotatable bonds is 11. The van der Waals surface area contributed by atoms with E-state index < -0.39 is 6.04 Å². The second kappa shape index (κ2) is 13.3. The molecule has 1 unspecified atom stereocenters.